The lowest BCUT2D eigenvalue weighted by Gasteiger charge is -2.16. The summed E-state index contributed by atoms with van der Waals surface area (Å²) < 4.78 is 1.82. The molecule has 4 heteroatoms. The summed E-state index contributed by atoms with van der Waals surface area (Å²) in [4.78, 5) is 0. The van der Waals surface area contributed by atoms with E-state index in [2.05, 4.69) is 5.10 Å². The van der Waals surface area contributed by atoms with Crippen molar-refractivity contribution < 1.29 is 10.2 Å². The molecule has 0 radical (unpaired) electrons. The minimum absolute atomic E-state index is 0.321. The van der Waals surface area contributed by atoms with Gasteiger partial charge in [-0.3, -0.25) is 4.68 Å². The van der Waals surface area contributed by atoms with Crippen LogP contribution in [0.5, 0.6) is 0 Å². The van der Waals surface area contributed by atoms with Crippen molar-refractivity contribution in [1.82, 2.24) is 9.78 Å². The Morgan fingerprint density at radius 2 is 2.27 bits per heavy atom. The Labute approximate surface area is 89.5 Å². The molecule has 0 bridgehead atoms. The van der Waals surface area contributed by atoms with Crippen LogP contribution in [0.15, 0.2) is 12.4 Å². The lowest BCUT2D eigenvalue weighted by Crippen LogP contribution is -2.29. The molecular weight excluding hydrogens is 192 g/mol. The molecule has 2 N–H and O–H groups in total. The van der Waals surface area contributed by atoms with Gasteiger partial charge < -0.3 is 10.2 Å². The Kier molecular flexibility index (Phi) is 3.07. The van der Waals surface area contributed by atoms with Crippen LogP contribution in [0.4, 0.5) is 0 Å². The van der Waals surface area contributed by atoms with Crippen molar-refractivity contribution in [2.75, 3.05) is 0 Å². The van der Waals surface area contributed by atoms with E-state index >= 15 is 0 Å². The number of rotatable bonds is 5. The number of nitrogens with zero attached hydrogens (tertiary/aromatic N) is 2. The molecule has 1 aromatic rings. The molecule has 0 saturated heterocycles. The van der Waals surface area contributed by atoms with Crippen molar-refractivity contribution in [3.63, 3.8) is 0 Å². The van der Waals surface area contributed by atoms with Gasteiger partial charge in [0.15, 0.2) is 0 Å². The fourth-order valence-corrected chi connectivity index (χ4v) is 1.80. The standard InChI is InChI=1S/C11H18N2O2/c1-2-13-7-8(6-12-13)5-10(14)11(15)9-3-4-9/h6-7,9-11,14-15H,2-5H2,1H3. The van der Waals surface area contributed by atoms with E-state index in [1.165, 1.54) is 0 Å². The van der Waals surface area contributed by atoms with Gasteiger partial charge in [0.25, 0.3) is 0 Å². The Bertz CT molecular complexity index is 320. The van der Waals surface area contributed by atoms with Crippen LogP contribution in [0, 0.1) is 5.92 Å². The molecule has 15 heavy (non-hydrogen) atoms. The highest BCUT2D eigenvalue weighted by molar-refractivity contribution is 5.06. The molecule has 1 aliphatic rings. The summed E-state index contributed by atoms with van der Waals surface area (Å²) in [5.74, 6) is 0.321. The summed E-state index contributed by atoms with van der Waals surface area (Å²) in [5.41, 5.74) is 0.990. The average Bonchev–Trinajstić information content (AvgIpc) is 2.98. The molecular formula is C11H18N2O2. The maximum Gasteiger partial charge on any atom is 0.0843 e. The van der Waals surface area contributed by atoms with Crippen LogP contribution in [-0.2, 0) is 13.0 Å². The third kappa shape index (κ3) is 2.58. The maximum absolute atomic E-state index is 9.78. The second kappa shape index (κ2) is 4.33. The molecule has 0 amide bonds. The van der Waals surface area contributed by atoms with Gasteiger partial charge in [-0.25, -0.2) is 0 Å². The molecule has 0 aromatic carbocycles. The van der Waals surface area contributed by atoms with Crippen molar-refractivity contribution in [3.05, 3.63) is 18.0 Å². The van der Waals surface area contributed by atoms with E-state index in [4.69, 9.17) is 0 Å². The molecule has 2 unspecified atom stereocenters. The fraction of sp³-hybridized carbons (Fsp3) is 0.727. The predicted molar refractivity (Wildman–Crippen MR) is 56.3 cm³/mol. The molecule has 0 aliphatic heterocycles. The molecule has 2 rings (SSSR count). The van der Waals surface area contributed by atoms with E-state index in [0.29, 0.717) is 12.3 Å². The number of aromatic nitrogens is 2. The van der Waals surface area contributed by atoms with Crippen molar-refractivity contribution in [1.29, 1.82) is 0 Å². The van der Waals surface area contributed by atoms with Gasteiger partial charge in [-0.15, -0.1) is 0 Å². The van der Waals surface area contributed by atoms with Crippen LogP contribution in [-0.4, -0.2) is 32.2 Å². The predicted octanol–water partition coefficient (Wildman–Crippen LogP) is 0.577. The van der Waals surface area contributed by atoms with Crippen molar-refractivity contribution in [2.24, 2.45) is 5.92 Å². The van der Waals surface area contributed by atoms with Crippen molar-refractivity contribution in [2.45, 2.75) is 44.9 Å². The van der Waals surface area contributed by atoms with Crippen molar-refractivity contribution in [3.8, 4) is 0 Å². The highest BCUT2D eigenvalue weighted by atomic mass is 16.3. The van der Waals surface area contributed by atoms with E-state index in [1.807, 2.05) is 17.8 Å². The summed E-state index contributed by atoms with van der Waals surface area (Å²) in [6.07, 6.45) is 5.06. The van der Waals surface area contributed by atoms with Gasteiger partial charge in [-0.1, -0.05) is 0 Å². The van der Waals surface area contributed by atoms with Crippen LogP contribution in [0.3, 0.4) is 0 Å². The number of hydrogen-bond donors (Lipinski definition) is 2. The second-order valence-corrected chi connectivity index (χ2v) is 4.30. The highest BCUT2D eigenvalue weighted by Crippen LogP contribution is 2.34. The van der Waals surface area contributed by atoms with E-state index in [9.17, 15) is 10.2 Å². The van der Waals surface area contributed by atoms with Gasteiger partial charge in [-0.05, 0) is 31.2 Å². The van der Waals surface area contributed by atoms with Gasteiger partial charge in [0.2, 0.25) is 0 Å². The van der Waals surface area contributed by atoms with Crippen molar-refractivity contribution >= 4 is 0 Å². The normalized spacial score (nSPS) is 20.2. The minimum atomic E-state index is -0.646. The quantitative estimate of drug-likeness (QED) is 0.747. The first-order chi connectivity index (χ1) is 7.20. The maximum atomic E-state index is 9.78. The molecule has 1 aromatic heterocycles. The van der Waals surface area contributed by atoms with E-state index in [-0.39, 0.29) is 0 Å². The third-order valence-electron chi connectivity index (χ3n) is 2.95. The minimum Gasteiger partial charge on any atom is -0.390 e. The molecule has 1 aliphatic carbocycles. The zero-order valence-corrected chi connectivity index (χ0v) is 9.00. The summed E-state index contributed by atoms with van der Waals surface area (Å²) in [5, 5.41) is 23.6. The lowest BCUT2D eigenvalue weighted by molar-refractivity contribution is 0.00672. The van der Waals surface area contributed by atoms with Crippen LogP contribution in [0.25, 0.3) is 0 Å². The van der Waals surface area contributed by atoms with E-state index in [0.717, 1.165) is 24.9 Å². The first-order valence-electron chi connectivity index (χ1n) is 5.58. The summed E-state index contributed by atoms with van der Waals surface area (Å²) in [6.45, 7) is 2.85. The Morgan fingerprint density at radius 3 is 2.80 bits per heavy atom. The van der Waals surface area contributed by atoms with Gasteiger partial charge in [0, 0.05) is 19.2 Å². The van der Waals surface area contributed by atoms with Crippen LogP contribution in [0.2, 0.25) is 0 Å². The molecule has 4 nitrogen and oxygen atoms in total. The first kappa shape index (κ1) is 10.6. The van der Waals surface area contributed by atoms with E-state index in [1.54, 1.807) is 6.20 Å². The van der Waals surface area contributed by atoms with Gasteiger partial charge in [0.1, 0.15) is 0 Å². The Morgan fingerprint density at radius 1 is 1.53 bits per heavy atom. The topological polar surface area (TPSA) is 58.3 Å². The number of aliphatic hydroxyl groups is 2. The molecule has 0 spiro atoms. The van der Waals surface area contributed by atoms with Gasteiger partial charge in [0.05, 0.1) is 18.4 Å². The number of hydrogen-bond acceptors (Lipinski definition) is 3. The van der Waals surface area contributed by atoms with E-state index < -0.39 is 12.2 Å². The zero-order chi connectivity index (χ0) is 10.8. The number of aryl methyl sites for hydroxylation is 1. The first-order valence-corrected chi connectivity index (χ1v) is 5.58. The monoisotopic (exact) mass is 210 g/mol. The smallest absolute Gasteiger partial charge is 0.0843 e. The molecule has 1 fully saturated rings. The van der Waals surface area contributed by atoms with Crippen LogP contribution in [0.1, 0.15) is 25.3 Å². The Balaban J connectivity index is 1.89. The second-order valence-electron chi connectivity index (χ2n) is 4.30. The Hall–Kier alpha value is -0.870. The molecule has 1 heterocycles. The van der Waals surface area contributed by atoms with Crippen LogP contribution >= 0.6 is 0 Å². The van der Waals surface area contributed by atoms with Gasteiger partial charge >= 0.3 is 0 Å². The lowest BCUT2D eigenvalue weighted by atomic mass is 10.0. The summed E-state index contributed by atoms with van der Waals surface area (Å²) in [6, 6.07) is 0. The third-order valence-corrected chi connectivity index (χ3v) is 2.95. The largest absolute Gasteiger partial charge is 0.390 e. The zero-order valence-electron chi connectivity index (χ0n) is 9.00. The molecule has 84 valence electrons. The average molecular weight is 210 g/mol. The summed E-state index contributed by atoms with van der Waals surface area (Å²) in [7, 11) is 0. The highest BCUT2D eigenvalue weighted by Gasteiger charge is 2.34. The molecule has 1 saturated carbocycles. The molecule has 2 atom stereocenters. The SMILES string of the molecule is CCn1cc(CC(O)C(O)C2CC2)cn1. The van der Waals surface area contributed by atoms with Crippen LogP contribution < -0.4 is 0 Å². The fourth-order valence-electron chi connectivity index (χ4n) is 1.80. The van der Waals surface area contributed by atoms with Gasteiger partial charge in [-0.2, -0.15) is 5.10 Å². The summed E-state index contributed by atoms with van der Waals surface area (Å²) >= 11 is 0. The number of aliphatic hydroxyl groups excluding tert-OH is 2.